The van der Waals surface area contributed by atoms with Crippen LogP contribution in [0.25, 0.3) is 10.9 Å². The molecular formula is C27H19Cl2NO5. The van der Waals surface area contributed by atoms with E-state index in [1.54, 1.807) is 48.5 Å². The standard InChI is InChI=1S/C27H19Cl2NO5/c28-21-2-1-3-23-19(21)9-6-16(30-23)12-24(31)15-4-7-17(8-5-15)35-26-14-25-20(13-22(26)29)18(27(32)33)10-11-34-25/h1-9,13-14,18H,10-12H2,(H,32,33). The predicted octanol–water partition coefficient (Wildman–Crippen LogP) is 6.71. The number of fused-ring (bicyclic) bond motifs is 2. The normalized spacial score (nSPS) is 14.7. The lowest BCUT2D eigenvalue weighted by molar-refractivity contribution is -0.139. The summed E-state index contributed by atoms with van der Waals surface area (Å²) in [4.78, 5) is 28.8. The third-order valence-corrected chi connectivity index (χ3v) is 6.51. The van der Waals surface area contributed by atoms with Crippen molar-refractivity contribution in [3.8, 4) is 17.2 Å². The van der Waals surface area contributed by atoms with E-state index in [0.717, 1.165) is 10.9 Å². The Hall–Kier alpha value is -3.61. The van der Waals surface area contributed by atoms with Gasteiger partial charge in [-0.15, -0.1) is 0 Å². The molecule has 0 saturated carbocycles. The highest BCUT2D eigenvalue weighted by atomic mass is 35.5. The molecular weight excluding hydrogens is 489 g/mol. The van der Waals surface area contributed by atoms with Crippen LogP contribution in [0.2, 0.25) is 10.0 Å². The number of carboxylic acid groups (broad SMARTS) is 1. The summed E-state index contributed by atoms with van der Waals surface area (Å²) in [6, 6.07) is 19.1. The van der Waals surface area contributed by atoms with Gasteiger partial charge in [0.15, 0.2) is 5.78 Å². The summed E-state index contributed by atoms with van der Waals surface area (Å²) in [6.45, 7) is 0.306. The van der Waals surface area contributed by atoms with Gasteiger partial charge < -0.3 is 14.6 Å². The molecule has 0 amide bonds. The molecule has 1 aliphatic rings. The lowest BCUT2D eigenvalue weighted by Crippen LogP contribution is -2.20. The van der Waals surface area contributed by atoms with Crippen molar-refractivity contribution in [2.75, 3.05) is 6.61 Å². The van der Waals surface area contributed by atoms with Gasteiger partial charge in [-0.1, -0.05) is 29.3 Å². The fourth-order valence-corrected chi connectivity index (χ4v) is 4.53. The summed E-state index contributed by atoms with van der Waals surface area (Å²) in [5.74, 6) is -0.390. The van der Waals surface area contributed by atoms with Gasteiger partial charge in [0.1, 0.15) is 17.2 Å². The highest BCUT2D eigenvalue weighted by Crippen LogP contribution is 2.41. The first-order chi connectivity index (χ1) is 16.9. The van der Waals surface area contributed by atoms with Crippen LogP contribution in [-0.4, -0.2) is 28.4 Å². The molecule has 35 heavy (non-hydrogen) atoms. The second-order valence-electron chi connectivity index (χ2n) is 8.18. The minimum Gasteiger partial charge on any atom is -0.493 e. The predicted molar refractivity (Wildman–Crippen MR) is 133 cm³/mol. The van der Waals surface area contributed by atoms with Gasteiger partial charge in [0, 0.05) is 33.3 Å². The number of nitrogens with zero attached hydrogens (tertiary/aromatic N) is 1. The number of rotatable bonds is 6. The fraction of sp³-hybridized carbons (Fsp3) is 0.148. The van der Waals surface area contributed by atoms with Crippen molar-refractivity contribution in [2.24, 2.45) is 0 Å². The van der Waals surface area contributed by atoms with E-state index in [9.17, 15) is 14.7 Å². The van der Waals surface area contributed by atoms with Crippen molar-refractivity contribution in [1.82, 2.24) is 4.98 Å². The van der Waals surface area contributed by atoms with E-state index in [2.05, 4.69) is 4.98 Å². The van der Waals surface area contributed by atoms with Gasteiger partial charge in [-0.2, -0.15) is 0 Å². The second kappa shape index (κ2) is 9.56. The van der Waals surface area contributed by atoms with Crippen LogP contribution in [0.3, 0.4) is 0 Å². The summed E-state index contributed by atoms with van der Waals surface area (Å²) in [7, 11) is 0. The van der Waals surface area contributed by atoms with Crippen molar-refractivity contribution in [2.45, 2.75) is 18.8 Å². The van der Waals surface area contributed by atoms with Crippen LogP contribution < -0.4 is 9.47 Å². The van der Waals surface area contributed by atoms with Gasteiger partial charge in [0.25, 0.3) is 0 Å². The number of pyridine rings is 1. The van der Waals surface area contributed by atoms with Crippen LogP contribution >= 0.6 is 23.2 Å². The topological polar surface area (TPSA) is 85.7 Å². The minimum atomic E-state index is -0.915. The van der Waals surface area contributed by atoms with Crippen LogP contribution in [0.1, 0.15) is 34.0 Å². The molecule has 5 rings (SSSR count). The van der Waals surface area contributed by atoms with Crippen LogP contribution in [0, 0.1) is 0 Å². The van der Waals surface area contributed by atoms with Gasteiger partial charge in [-0.25, -0.2) is 0 Å². The molecule has 6 nitrogen and oxygen atoms in total. The molecule has 1 atom stereocenters. The minimum absolute atomic E-state index is 0.0784. The largest absolute Gasteiger partial charge is 0.493 e. The number of aromatic nitrogens is 1. The number of Topliss-reactive ketones (excluding diaryl/α,β-unsaturated/α-hetero) is 1. The number of benzene rings is 3. The number of halogens is 2. The molecule has 3 aromatic carbocycles. The highest BCUT2D eigenvalue weighted by Gasteiger charge is 2.29. The number of hydrogen-bond donors (Lipinski definition) is 1. The van der Waals surface area contributed by atoms with Crippen molar-refractivity contribution >= 4 is 45.9 Å². The van der Waals surface area contributed by atoms with E-state index in [-0.39, 0.29) is 17.2 Å². The lowest BCUT2D eigenvalue weighted by atomic mass is 9.93. The number of aliphatic carboxylic acids is 1. The Kier molecular flexibility index (Phi) is 6.32. The van der Waals surface area contributed by atoms with Crippen molar-refractivity contribution in [3.05, 3.63) is 93.6 Å². The first-order valence-electron chi connectivity index (χ1n) is 10.9. The van der Waals surface area contributed by atoms with Crippen LogP contribution in [-0.2, 0) is 11.2 Å². The summed E-state index contributed by atoms with van der Waals surface area (Å²) < 4.78 is 11.5. The fourth-order valence-electron chi connectivity index (χ4n) is 4.08. The molecule has 1 aromatic heterocycles. The average molecular weight is 508 g/mol. The lowest BCUT2D eigenvalue weighted by Gasteiger charge is -2.24. The molecule has 1 unspecified atom stereocenters. The zero-order chi connectivity index (χ0) is 24.5. The Labute approximate surface area is 211 Å². The van der Waals surface area contributed by atoms with Crippen LogP contribution in [0.4, 0.5) is 0 Å². The van der Waals surface area contributed by atoms with Crippen LogP contribution in [0.15, 0.2) is 66.7 Å². The first-order valence-corrected chi connectivity index (χ1v) is 11.7. The monoisotopic (exact) mass is 507 g/mol. The molecule has 1 aliphatic heterocycles. The van der Waals surface area contributed by atoms with E-state index in [1.165, 1.54) is 0 Å². The van der Waals surface area contributed by atoms with Gasteiger partial charge >= 0.3 is 5.97 Å². The van der Waals surface area contributed by atoms with E-state index >= 15 is 0 Å². The number of carbonyl (C=O) groups excluding carboxylic acids is 1. The SMILES string of the molecule is O=C(Cc1ccc2c(Cl)cccc2n1)c1ccc(Oc2cc3c(cc2Cl)C(C(=O)O)CCO3)cc1. The highest BCUT2D eigenvalue weighted by molar-refractivity contribution is 6.35. The number of carboxylic acids is 1. The van der Waals surface area contributed by atoms with E-state index in [0.29, 0.717) is 52.1 Å². The van der Waals surface area contributed by atoms with Gasteiger partial charge in [-0.05, 0) is 61.0 Å². The maximum absolute atomic E-state index is 12.8. The van der Waals surface area contributed by atoms with Crippen molar-refractivity contribution < 1.29 is 24.2 Å². The van der Waals surface area contributed by atoms with Gasteiger partial charge in [-0.3, -0.25) is 14.6 Å². The molecule has 0 spiro atoms. The summed E-state index contributed by atoms with van der Waals surface area (Å²) in [5, 5.41) is 11.2. The Morgan fingerprint density at radius 3 is 2.60 bits per heavy atom. The Morgan fingerprint density at radius 2 is 1.83 bits per heavy atom. The molecule has 1 N–H and O–H groups in total. The van der Waals surface area contributed by atoms with Crippen molar-refractivity contribution in [1.29, 1.82) is 0 Å². The zero-order valence-corrected chi connectivity index (χ0v) is 19.8. The number of carbonyl (C=O) groups is 2. The summed E-state index contributed by atoms with van der Waals surface area (Å²) in [5.41, 5.74) is 2.46. The van der Waals surface area contributed by atoms with E-state index in [4.69, 9.17) is 32.7 Å². The molecule has 2 heterocycles. The van der Waals surface area contributed by atoms with Crippen LogP contribution in [0.5, 0.6) is 17.2 Å². The number of ether oxygens (including phenoxy) is 2. The Balaban J connectivity index is 1.30. The second-order valence-corrected chi connectivity index (χ2v) is 9.00. The average Bonchev–Trinajstić information content (AvgIpc) is 2.84. The molecule has 8 heteroatoms. The smallest absolute Gasteiger partial charge is 0.311 e. The molecule has 0 saturated heterocycles. The van der Waals surface area contributed by atoms with E-state index < -0.39 is 11.9 Å². The molecule has 0 radical (unpaired) electrons. The molecule has 176 valence electrons. The Bertz CT molecular complexity index is 1450. The van der Waals surface area contributed by atoms with E-state index in [1.807, 2.05) is 18.2 Å². The molecule has 0 aliphatic carbocycles. The molecule has 0 fully saturated rings. The zero-order valence-electron chi connectivity index (χ0n) is 18.3. The Morgan fingerprint density at radius 1 is 1.03 bits per heavy atom. The summed E-state index contributed by atoms with van der Waals surface area (Å²) in [6.07, 6.45) is 0.540. The molecule has 4 aromatic rings. The maximum Gasteiger partial charge on any atom is 0.311 e. The van der Waals surface area contributed by atoms with Crippen molar-refractivity contribution in [3.63, 3.8) is 0 Å². The first kappa shape index (κ1) is 23.1. The summed E-state index contributed by atoms with van der Waals surface area (Å²) >= 11 is 12.6. The van der Waals surface area contributed by atoms with Gasteiger partial charge in [0.2, 0.25) is 0 Å². The van der Waals surface area contributed by atoms with Gasteiger partial charge in [0.05, 0.1) is 29.5 Å². The third-order valence-electron chi connectivity index (χ3n) is 5.88. The maximum atomic E-state index is 12.8. The third kappa shape index (κ3) is 4.81. The molecule has 0 bridgehead atoms. The quantitative estimate of drug-likeness (QED) is 0.292. The number of hydrogen-bond acceptors (Lipinski definition) is 5. The number of ketones is 1.